The largest absolute Gasteiger partial charge is 0.147 e. The summed E-state index contributed by atoms with van der Waals surface area (Å²) >= 11 is 2.64. The second-order valence-corrected chi connectivity index (χ2v) is 28.7. The van der Waals surface area contributed by atoms with Crippen molar-refractivity contribution < 1.29 is 20.4 Å². The number of hydrogen-bond acceptors (Lipinski definition) is 0. The molecule has 0 amide bonds. The number of benzene rings is 4. The molecule has 311 valence electrons. The molecular weight excluding hydrogens is 807 g/mol. The van der Waals surface area contributed by atoms with Gasteiger partial charge >= 0.3 is 346 Å². The summed E-state index contributed by atoms with van der Waals surface area (Å²) in [4.78, 5) is 0. The standard InChI is InChI=1S/C52H71Si.3ClH.Ti/c1-34-24-35-22-20-21-23-45(35)46(34)53(42-28-36(47(2,3)4)25-37(29-42)48(5,6)7,43-30-38(49(8,9)10)26-39(31-43)50(11,12)13)44-32-40(51(14,15)16)27-41(33-44)52(17,18)19;;;;/h20-33H,1-19H3;3*1H;. The average Bonchev–Trinajstić information content (AvgIpc) is 3.28. The summed E-state index contributed by atoms with van der Waals surface area (Å²) in [6, 6.07) is 32.9. The van der Waals surface area contributed by atoms with E-state index in [1.54, 1.807) is 0 Å². The van der Waals surface area contributed by atoms with Crippen LogP contribution in [0.25, 0.3) is 6.08 Å². The molecule has 0 bridgehead atoms. The minimum absolute atomic E-state index is 0. The Labute approximate surface area is 380 Å². The van der Waals surface area contributed by atoms with Gasteiger partial charge in [0.05, 0.1) is 0 Å². The first kappa shape index (κ1) is 51.6. The van der Waals surface area contributed by atoms with E-state index >= 15 is 0 Å². The van der Waals surface area contributed by atoms with Crippen molar-refractivity contribution >= 4 is 66.9 Å². The van der Waals surface area contributed by atoms with E-state index in [0.29, 0.717) is 0 Å². The van der Waals surface area contributed by atoms with Gasteiger partial charge in [-0.1, -0.05) is 0 Å². The fourth-order valence-corrected chi connectivity index (χ4v) is 16.6. The quantitative estimate of drug-likeness (QED) is 0.142. The summed E-state index contributed by atoms with van der Waals surface area (Å²) in [6.45, 7) is 45.6. The zero-order valence-corrected chi connectivity index (χ0v) is 43.8. The van der Waals surface area contributed by atoms with E-state index in [-0.39, 0.29) is 73.1 Å². The van der Waals surface area contributed by atoms with E-state index in [0.717, 1.165) is 0 Å². The molecule has 0 aliphatic heterocycles. The van der Waals surface area contributed by atoms with E-state index in [2.05, 4.69) is 237 Å². The maximum Gasteiger partial charge on any atom is -0.147 e. The van der Waals surface area contributed by atoms with Crippen molar-refractivity contribution in [1.82, 2.24) is 0 Å². The van der Waals surface area contributed by atoms with Gasteiger partial charge in [-0.05, 0) is 0 Å². The summed E-state index contributed by atoms with van der Waals surface area (Å²) in [5.41, 5.74) is 12.7. The Morgan fingerprint density at radius 2 is 0.649 bits per heavy atom. The Kier molecular flexibility index (Phi) is 15.1. The van der Waals surface area contributed by atoms with Gasteiger partial charge in [0.2, 0.25) is 0 Å². The normalized spacial score (nSPS) is 16.5. The van der Waals surface area contributed by atoms with E-state index < -0.39 is 8.07 Å². The maximum atomic E-state index is 2.67. The van der Waals surface area contributed by atoms with Crippen LogP contribution in [0.3, 0.4) is 0 Å². The molecule has 1 aliphatic carbocycles. The molecular formula is C52H74Cl3SiTi. The molecule has 4 aromatic rings. The first-order chi connectivity index (χ1) is 24.3. The third kappa shape index (κ3) is 9.66. The zero-order valence-electron chi connectivity index (χ0n) is 38.8. The van der Waals surface area contributed by atoms with Crippen LogP contribution in [-0.2, 0) is 56.3 Å². The van der Waals surface area contributed by atoms with Crippen LogP contribution in [0.15, 0.2) is 84.4 Å². The summed E-state index contributed by atoms with van der Waals surface area (Å²) < 4.78 is -0.285. The third-order valence-corrected chi connectivity index (χ3v) is 20.2. The summed E-state index contributed by atoms with van der Waals surface area (Å²) in [5.74, 6) is 0. The molecule has 0 saturated carbocycles. The van der Waals surface area contributed by atoms with Gasteiger partial charge in [0.15, 0.2) is 0 Å². The molecule has 57 heavy (non-hydrogen) atoms. The van der Waals surface area contributed by atoms with Gasteiger partial charge in [0, 0.05) is 0 Å². The SMILES string of the molecule is CC1=Cc2ccccc2[C]1([Ti])[Si](c1cc(C(C)(C)C)cc(C(C)(C)C)c1)(c1cc(C(C)(C)C)cc(C(C)(C)C)c1)c1cc(C(C)(C)C)cc(C(C)(C)C)c1.Cl.Cl.Cl. The molecule has 1 atom stereocenters. The number of hydrogen-bond donors (Lipinski definition) is 0. The van der Waals surface area contributed by atoms with Crippen LogP contribution in [-0.4, -0.2) is 8.07 Å². The molecule has 0 spiro atoms. The predicted molar refractivity (Wildman–Crippen MR) is 260 cm³/mol. The summed E-state index contributed by atoms with van der Waals surface area (Å²) in [7, 11) is -3.16. The van der Waals surface area contributed by atoms with E-state index in [1.165, 1.54) is 65.6 Å². The van der Waals surface area contributed by atoms with E-state index in [9.17, 15) is 0 Å². The van der Waals surface area contributed by atoms with Crippen molar-refractivity contribution in [1.29, 1.82) is 0 Å². The van der Waals surface area contributed by atoms with Crippen LogP contribution in [0.2, 0.25) is 0 Å². The van der Waals surface area contributed by atoms with E-state index in [1.807, 2.05) is 0 Å². The van der Waals surface area contributed by atoms with Crippen LogP contribution in [0.4, 0.5) is 0 Å². The predicted octanol–water partition coefficient (Wildman–Crippen LogP) is 13.6. The van der Waals surface area contributed by atoms with Crippen molar-refractivity contribution in [3.05, 3.63) is 129 Å². The topological polar surface area (TPSA) is 0 Å². The van der Waals surface area contributed by atoms with Crippen molar-refractivity contribution in [3.63, 3.8) is 0 Å². The van der Waals surface area contributed by atoms with Crippen molar-refractivity contribution in [2.24, 2.45) is 0 Å². The van der Waals surface area contributed by atoms with Crippen molar-refractivity contribution in [2.75, 3.05) is 0 Å². The van der Waals surface area contributed by atoms with Crippen molar-refractivity contribution in [3.8, 4) is 0 Å². The molecule has 0 aromatic heterocycles. The van der Waals surface area contributed by atoms with Gasteiger partial charge in [-0.3, -0.25) is 0 Å². The minimum Gasteiger partial charge on any atom is -0.147 e. The summed E-state index contributed by atoms with van der Waals surface area (Å²) in [5, 5.41) is 4.55. The Bertz CT molecular complexity index is 1820. The number of halogens is 3. The second-order valence-electron chi connectivity index (χ2n) is 22.8. The van der Waals surface area contributed by atoms with Gasteiger partial charge in [-0.25, -0.2) is 0 Å². The molecule has 5 rings (SSSR count). The van der Waals surface area contributed by atoms with Gasteiger partial charge in [0.25, 0.3) is 0 Å². The number of fused-ring (bicyclic) bond motifs is 1. The molecule has 1 unspecified atom stereocenters. The van der Waals surface area contributed by atoms with Crippen LogP contribution in [0, 0.1) is 0 Å². The zero-order chi connectivity index (χ0) is 40.8. The minimum atomic E-state index is -3.16. The van der Waals surface area contributed by atoms with Gasteiger partial charge in [-0.15, -0.1) is 37.2 Å². The van der Waals surface area contributed by atoms with Crippen LogP contribution in [0.1, 0.15) is 176 Å². The molecule has 0 nitrogen and oxygen atoms in total. The first-order valence-corrected chi connectivity index (χ1v) is 23.1. The van der Waals surface area contributed by atoms with Crippen LogP contribution >= 0.6 is 37.2 Å². The number of rotatable bonds is 4. The second kappa shape index (κ2) is 16.7. The van der Waals surface area contributed by atoms with E-state index in [4.69, 9.17) is 0 Å². The van der Waals surface area contributed by atoms with Gasteiger partial charge in [-0.2, -0.15) is 0 Å². The average molecular weight is 881 g/mol. The van der Waals surface area contributed by atoms with Gasteiger partial charge in [0.1, 0.15) is 0 Å². The van der Waals surface area contributed by atoms with Crippen molar-refractivity contribution in [2.45, 2.75) is 167 Å². The molecule has 5 heteroatoms. The Morgan fingerprint density at radius 3 is 0.895 bits per heavy atom. The first-order valence-electron chi connectivity index (χ1n) is 20.4. The Balaban J connectivity index is 0.00000374. The number of allylic oxidation sites excluding steroid dienone is 1. The van der Waals surface area contributed by atoms with Crippen LogP contribution in [0.5, 0.6) is 0 Å². The fourth-order valence-electron chi connectivity index (χ4n) is 8.30. The molecule has 1 aliphatic rings. The van der Waals surface area contributed by atoms with Crippen LogP contribution < -0.4 is 15.6 Å². The smallest absolute Gasteiger partial charge is 0.147 e. The molecule has 0 radical (unpaired) electrons. The summed E-state index contributed by atoms with van der Waals surface area (Å²) in [6.07, 6.45) is 2.52. The maximum absolute atomic E-state index is 3.16. The Hall–Kier alpha value is -1.58. The molecule has 0 saturated heterocycles. The third-order valence-electron chi connectivity index (χ3n) is 12.2. The molecule has 0 N–H and O–H groups in total. The molecule has 4 aromatic carbocycles. The fraction of sp³-hybridized carbons (Fsp3) is 0.500. The monoisotopic (exact) mass is 879 g/mol. The Morgan fingerprint density at radius 1 is 0.404 bits per heavy atom. The van der Waals surface area contributed by atoms with Gasteiger partial charge < -0.3 is 0 Å². The molecule has 0 heterocycles. The molecule has 0 fully saturated rings.